The Labute approximate surface area is 181 Å². The van der Waals surface area contributed by atoms with E-state index in [9.17, 15) is 13.2 Å². The van der Waals surface area contributed by atoms with Crippen molar-refractivity contribution in [2.75, 3.05) is 36.6 Å². The van der Waals surface area contributed by atoms with Crippen molar-refractivity contribution in [3.05, 3.63) is 46.9 Å². The van der Waals surface area contributed by atoms with Crippen LogP contribution in [-0.2, 0) is 14.8 Å². The molecule has 160 valence electrons. The van der Waals surface area contributed by atoms with Gasteiger partial charge in [0.2, 0.25) is 0 Å². The second-order valence-electron chi connectivity index (χ2n) is 6.53. The third kappa shape index (κ3) is 3.75. The molecule has 3 rings (SSSR count). The van der Waals surface area contributed by atoms with Gasteiger partial charge in [0, 0.05) is 23.6 Å². The molecule has 1 N–H and O–H groups in total. The Morgan fingerprint density at radius 1 is 1.13 bits per heavy atom. The Morgan fingerprint density at radius 2 is 1.77 bits per heavy atom. The van der Waals surface area contributed by atoms with Crippen LogP contribution in [0.1, 0.15) is 19.4 Å². The van der Waals surface area contributed by atoms with Crippen LogP contribution in [0.5, 0.6) is 11.5 Å². The number of anilines is 2. The molecular weight excluding hydrogens is 424 g/mol. The van der Waals surface area contributed by atoms with E-state index >= 15 is 0 Å². The lowest BCUT2D eigenvalue weighted by molar-refractivity contribution is -0.112. The number of carbonyl (C=O) groups excluding carboxylic acids is 1. The van der Waals surface area contributed by atoms with Gasteiger partial charge < -0.3 is 14.8 Å². The van der Waals surface area contributed by atoms with Crippen LogP contribution in [0.2, 0.25) is 0 Å². The number of methoxy groups -OCH3 is 2. The number of nitrogens with zero attached hydrogens (tertiary/aromatic N) is 1. The topological polar surface area (TPSA) is 84.9 Å². The lowest BCUT2D eigenvalue weighted by Gasteiger charge is -2.30. The summed E-state index contributed by atoms with van der Waals surface area (Å²) in [7, 11) is 0.345. The van der Waals surface area contributed by atoms with E-state index in [1.807, 2.05) is 19.1 Å². The fourth-order valence-electron chi connectivity index (χ4n) is 3.33. The van der Waals surface area contributed by atoms with Crippen LogP contribution in [0, 0.1) is 0 Å². The van der Waals surface area contributed by atoms with E-state index in [1.54, 1.807) is 43.0 Å². The van der Waals surface area contributed by atoms with Crippen molar-refractivity contribution in [1.82, 2.24) is 0 Å². The molecule has 0 bridgehead atoms. The Bertz CT molecular complexity index is 1130. The van der Waals surface area contributed by atoms with E-state index in [-0.39, 0.29) is 4.91 Å². The number of benzene rings is 2. The van der Waals surface area contributed by atoms with Gasteiger partial charge in [0.1, 0.15) is 0 Å². The molecule has 0 atom stereocenters. The minimum Gasteiger partial charge on any atom is -0.493 e. The minimum absolute atomic E-state index is 0.291. The number of amides is 1. The van der Waals surface area contributed by atoms with Crippen molar-refractivity contribution in [2.24, 2.45) is 0 Å². The summed E-state index contributed by atoms with van der Waals surface area (Å²) in [6.45, 7) is 3.63. The number of hydrogen-bond acceptors (Lipinski definition) is 6. The van der Waals surface area contributed by atoms with Gasteiger partial charge in [0.15, 0.2) is 16.4 Å². The molecule has 0 unspecified atom stereocenters. The fraction of sp³-hybridized carbons (Fsp3) is 0.286. The molecule has 0 aliphatic carbocycles. The number of allylic oxidation sites excluding steroid dienone is 1. The average molecular weight is 449 g/mol. The third-order valence-corrected chi connectivity index (χ3v) is 7.73. The minimum atomic E-state index is -4.06. The Kier molecular flexibility index (Phi) is 6.33. The highest BCUT2D eigenvalue weighted by Gasteiger charge is 2.38. The van der Waals surface area contributed by atoms with Crippen LogP contribution in [0.4, 0.5) is 11.4 Å². The van der Waals surface area contributed by atoms with Crippen molar-refractivity contribution in [3.63, 3.8) is 0 Å². The summed E-state index contributed by atoms with van der Waals surface area (Å²) in [6.07, 6.45) is 0. The van der Waals surface area contributed by atoms with E-state index < -0.39 is 15.9 Å². The van der Waals surface area contributed by atoms with E-state index in [2.05, 4.69) is 5.32 Å². The predicted octanol–water partition coefficient (Wildman–Crippen LogP) is 3.97. The first kappa shape index (κ1) is 22.0. The zero-order valence-electron chi connectivity index (χ0n) is 17.5. The summed E-state index contributed by atoms with van der Waals surface area (Å²) in [4.78, 5) is 13.7. The van der Waals surface area contributed by atoms with Crippen LogP contribution in [-0.4, -0.2) is 41.3 Å². The van der Waals surface area contributed by atoms with Crippen molar-refractivity contribution >= 4 is 44.6 Å². The molecule has 1 aliphatic heterocycles. The number of sulfonamides is 1. The van der Waals surface area contributed by atoms with E-state index in [4.69, 9.17) is 9.47 Å². The summed E-state index contributed by atoms with van der Waals surface area (Å²) in [5.41, 5.74) is 1.93. The molecule has 7 nitrogen and oxygen atoms in total. The lowest BCUT2D eigenvalue weighted by atomic mass is 10.0. The van der Waals surface area contributed by atoms with Crippen molar-refractivity contribution in [2.45, 2.75) is 18.7 Å². The molecule has 0 saturated heterocycles. The normalized spacial score (nSPS) is 14.9. The number of para-hydroxylation sites is 1. The maximum Gasteiger partial charge on any atom is 0.269 e. The molecule has 1 heterocycles. The number of nitrogens with one attached hydrogen (secondary N) is 1. The van der Waals surface area contributed by atoms with E-state index in [0.29, 0.717) is 34.0 Å². The van der Waals surface area contributed by atoms with Crippen molar-refractivity contribution in [1.29, 1.82) is 0 Å². The number of hydrogen-bond donors (Lipinski definition) is 1. The summed E-state index contributed by atoms with van der Waals surface area (Å²) in [5.74, 6) is 1.01. The lowest BCUT2D eigenvalue weighted by Crippen LogP contribution is -2.36. The highest BCUT2D eigenvalue weighted by molar-refractivity contribution is 7.99. The first-order valence-electron chi connectivity index (χ1n) is 9.25. The van der Waals surface area contributed by atoms with Crippen molar-refractivity contribution < 1.29 is 22.7 Å². The molecule has 0 aromatic heterocycles. The number of ether oxygens (including phenoxy) is 2. The highest BCUT2D eigenvalue weighted by atomic mass is 32.2. The molecule has 0 saturated carbocycles. The molecule has 0 radical (unpaired) electrons. The van der Waals surface area contributed by atoms with Crippen molar-refractivity contribution in [3.8, 4) is 11.5 Å². The molecule has 2 aromatic carbocycles. The first-order valence-corrected chi connectivity index (χ1v) is 11.7. The van der Waals surface area contributed by atoms with Gasteiger partial charge in [-0.1, -0.05) is 19.1 Å². The zero-order chi connectivity index (χ0) is 22.1. The van der Waals surface area contributed by atoms with Gasteiger partial charge in [-0.3, -0.25) is 9.10 Å². The first-order chi connectivity index (χ1) is 14.3. The van der Waals surface area contributed by atoms with Gasteiger partial charge in [0.25, 0.3) is 15.9 Å². The molecular formula is C21H24N2O5S2. The number of carbonyl (C=O) groups is 1. The predicted molar refractivity (Wildman–Crippen MR) is 121 cm³/mol. The van der Waals surface area contributed by atoms with Gasteiger partial charge in [-0.05, 0) is 36.4 Å². The molecule has 2 aromatic rings. The number of fused-ring (bicyclic) bond motifs is 1. The molecule has 9 heteroatoms. The van der Waals surface area contributed by atoms with Crippen LogP contribution in [0.25, 0.3) is 5.57 Å². The molecule has 0 spiro atoms. The highest BCUT2D eigenvalue weighted by Crippen LogP contribution is 2.44. The summed E-state index contributed by atoms with van der Waals surface area (Å²) in [6, 6.07) is 10.6. The number of rotatable bonds is 6. The van der Waals surface area contributed by atoms with Crippen LogP contribution >= 0.6 is 11.8 Å². The van der Waals surface area contributed by atoms with Crippen LogP contribution in [0.3, 0.4) is 0 Å². The summed E-state index contributed by atoms with van der Waals surface area (Å²) < 4.78 is 38.2. The maximum absolute atomic E-state index is 13.2. The largest absolute Gasteiger partial charge is 0.493 e. The third-order valence-electron chi connectivity index (χ3n) is 4.85. The van der Waals surface area contributed by atoms with Gasteiger partial charge in [-0.2, -0.15) is 0 Å². The summed E-state index contributed by atoms with van der Waals surface area (Å²) >= 11 is 1.57. The SMILES string of the molecule is CCSc1ccccc1NC(=O)C1=C(C)c2cc(OC)c(OC)cc2N(C)S1(=O)=O. The molecule has 30 heavy (non-hydrogen) atoms. The Balaban J connectivity index is 2.13. The fourth-order valence-corrected chi connectivity index (χ4v) is 5.56. The van der Waals surface area contributed by atoms with E-state index in [0.717, 1.165) is 15.0 Å². The van der Waals surface area contributed by atoms with Gasteiger partial charge in [-0.15, -0.1) is 11.8 Å². The summed E-state index contributed by atoms with van der Waals surface area (Å²) in [5, 5.41) is 2.77. The second kappa shape index (κ2) is 8.61. The second-order valence-corrected chi connectivity index (χ2v) is 9.75. The maximum atomic E-state index is 13.2. The zero-order valence-corrected chi connectivity index (χ0v) is 19.1. The monoisotopic (exact) mass is 448 g/mol. The van der Waals surface area contributed by atoms with Gasteiger partial charge in [0.05, 0.1) is 25.6 Å². The molecule has 1 aliphatic rings. The number of thioether (sulfide) groups is 1. The Morgan fingerprint density at radius 3 is 2.40 bits per heavy atom. The van der Waals surface area contributed by atoms with Crippen LogP contribution < -0.4 is 19.1 Å². The van der Waals surface area contributed by atoms with Gasteiger partial charge >= 0.3 is 0 Å². The standard InChI is InChI=1S/C21H24N2O5S2/c1-6-29-19-10-8-7-9-15(19)22-21(24)20-13(2)14-11-17(27-4)18(28-5)12-16(14)23(3)30(20,25)26/h7-12H,6H2,1-5H3,(H,22,24). The molecule has 1 amide bonds. The van der Waals surface area contributed by atoms with E-state index in [1.165, 1.54) is 21.3 Å². The quantitative estimate of drug-likeness (QED) is 0.673. The average Bonchev–Trinajstić information content (AvgIpc) is 2.72. The molecule has 0 fully saturated rings. The van der Waals surface area contributed by atoms with Gasteiger partial charge in [-0.25, -0.2) is 8.42 Å². The smallest absolute Gasteiger partial charge is 0.269 e. The Hall–Kier alpha value is -2.65. The van der Waals surface area contributed by atoms with Crippen LogP contribution in [0.15, 0.2) is 46.2 Å².